The Bertz CT molecular complexity index is 363. The minimum absolute atomic E-state index is 0.0180. The van der Waals surface area contributed by atoms with E-state index in [-0.39, 0.29) is 5.91 Å². The maximum absolute atomic E-state index is 11.8. The zero-order valence-electron chi connectivity index (χ0n) is 11.4. The standard InChI is InChI=1S/C14H22N2OS/c1-16(2)10-4-9-15-14(17)13-7-5-12(6-8-13)11-18-3/h5-8H,4,9-11H2,1-3H3,(H,15,17). The van der Waals surface area contributed by atoms with E-state index in [2.05, 4.69) is 16.5 Å². The summed E-state index contributed by atoms with van der Waals surface area (Å²) < 4.78 is 0. The fourth-order valence-corrected chi connectivity index (χ4v) is 2.14. The highest BCUT2D eigenvalue weighted by Gasteiger charge is 2.04. The number of hydrogen-bond donors (Lipinski definition) is 1. The van der Waals surface area contributed by atoms with Crippen LogP contribution in [0.3, 0.4) is 0 Å². The van der Waals surface area contributed by atoms with Gasteiger partial charge in [-0.2, -0.15) is 11.8 Å². The minimum atomic E-state index is 0.0180. The molecule has 0 spiro atoms. The summed E-state index contributed by atoms with van der Waals surface area (Å²) in [4.78, 5) is 13.9. The number of hydrogen-bond acceptors (Lipinski definition) is 3. The molecule has 4 heteroatoms. The van der Waals surface area contributed by atoms with E-state index in [9.17, 15) is 4.79 Å². The van der Waals surface area contributed by atoms with Crippen molar-refractivity contribution in [2.24, 2.45) is 0 Å². The molecule has 1 rings (SSSR count). The van der Waals surface area contributed by atoms with E-state index < -0.39 is 0 Å². The van der Waals surface area contributed by atoms with Gasteiger partial charge in [0.05, 0.1) is 0 Å². The summed E-state index contributed by atoms with van der Waals surface area (Å²) in [5.41, 5.74) is 2.00. The number of carbonyl (C=O) groups is 1. The molecule has 1 N–H and O–H groups in total. The van der Waals surface area contributed by atoms with Crippen LogP contribution in [-0.2, 0) is 5.75 Å². The van der Waals surface area contributed by atoms with E-state index in [0.717, 1.165) is 30.8 Å². The number of nitrogens with zero attached hydrogens (tertiary/aromatic N) is 1. The summed E-state index contributed by atoms with van der Waals surface area (Å²) in [6.45, 7) is 1.72. The lowest BCUT2D eigenvalue weighted by Gasteiger charge is -2.10. The quantitative estimate of drug-likeness (QED) is 0.768. The van der Waals surface area contributed by atoms with Crippen LogP contribution in [0.4, 0.5) is 0 Å². The van der Waals surface area contributed by atoms with Gasteiger partial charge in [-0.05, 0) is 51.0 Å². The largest absolute Gasteiger partial charge is 0.352 e. The van der Waals surface area contributed by atoms with E-state index in [4.69, 9.17) is 0 Å². The van der Waals surface area contributed by atoms with E-state index in [0.29, 0.717) is 0 Å². The first-order valence-corrected chi connectivity index (χ1v) is 7.53. The molecule has 18 heavy (non-hydrogen) atoms. The molecule has 1 amide bonds. The highest BCUT2D eigenvalue weighted by Crippen LogP contribution is 2.10. The van der Waals surface area contributed by atoms with Crippen LogP contribution in [0.1, 0.15) is 22.3 Å². The van der Waals surface area contributed by atoms with Crippen molar-refractivity contribution in [3.8, 4) is 0 Å². The molecular formula is C14H22N2OS. The Hall–Kier alpha value is -1.00. The molecule has 0 aliphatic carbocycles. The third kappa shape index (κ3) is 5.56. The Morgan fingerprint density at radius 3 is 2.50 bits per heavy atom. The summed E-state index contributed by atoms with van der Waals surface area (Å²) in [5, 5.41) is 2.93. The van der Waals surface area contributed by atoms with Gasteiger partial charge < -0.3 is 10.2 Å². The second-order valence-electron chi connectivity index (χ2n) is 4.54. The Morgan fingerprint density at radius 2 is 1.94 bits per heavy atom. The van der Waals surface area contributed by atoms with Gasteiger partial charge >= 0.3 is 0 Å². The van der Waals surface area contributed by atoms with Gasteiger partial charge in [-0.15, -0.1) is 0 Å². The maximum atomic E-state index is 11.8. The molecule has 0 radical (unpaired) electrons. The van der Waals surface area contributed by atoms with Crippen LogP contribution < -0.4 is 5.32 Å². The zero-order valence-corrected chi connectivity index (χ0v) is 12.2. The summed E-state index contributed by atoms with van der Waals surface area (Å²) in [5.74, 6) is 1.01. The Morgan fingerprint density at radius 1 is 1.28 bits per heavy atom. The number of rotatable bonds is 7. The molecule has 0 heterocycles. The van der Waals surface area contributed by atoms with Crippen LogP contribution in [-0.4, -0.2) is 44.2 Å². The fourth-order valence-electron chi connectivity index (χ4n) is 1.62. The second-order valence-corrected chi connectivity index (χ2v) is 5.41. The van der Waals surface area contributed by atoms with Crippen molar-refractivity contribution >= 4 is 17.7 Å². The molecule has 0 aliphatic rings. The van der Waals surface area contributed by atoms with Crippen LogP contribution in [0.5, 0.6) is 0 Å². The third-order valence-corrected chi connectivity index (χ3v) is 3.22. The molecule has 0 saturated heterocycles. The minimum Gasteiger partial charge on any atom is -0.352 e. The molecule has 0 atom stereocenters. The van der Waals surface area contributed by atoms with Crippen molar-refractivity contribution in [1.29, 1.82) is 0 Å². The molecule has 0 aromatic heterocycles. The van der Waals surface area contributed by atoms with Crippen molar-refractivity contribution in [2.75, 3.05) is 33.4 Å². The van der Waals surface area contributed by atoms with E-state index in [1.165, 1.54) is 5.56 Å². The van der Waals surface area contributed by atoms with Gasteiger partial charge in [0.15, 0.2) is 0 Å². The van der Waals surface area contributed by atoms with E-state index in [1.807, 2.05) is 38.4 Å². The van der Waals surface area contributed by atoms with Gasteiger partial charge in [0.1, 0.15) is 0 Å². The first-order valence-electron chi connectivity index (χ1n) is 6.14. The molecule has 0 aliphatic heterocycles. The molecule has 0 unspecified atom stereocenters. The van der Waals surface area contributed by atoms with Crippen molar-refractivity contribution in [2.45, 2.75) is 12.2 Å². The summed E-state index contributed by atoms with van der Waals surface area (Å²) in [7, 11) is 4.07. The predicted octanol–water partition coefficient (Wildman–Crippen LogP) is 2.23. The lowest BCUT2D eigenvalue weighted by molar-refractivity contribution is 0.0952. The van der Waals surface area contributed by atoms with E-state index in [1.54, 1.807) is 11.8 Å². The zero-order chi connectivity index (χ0) is 13.4. The smallest absolute Gasteiger partial charge is 0.251 e. The third-order valence-electron chi connectivity index (χ3n) is 2.59. The Labute approximate surface area is 114 Å². The molecule has 0 fully saturated rings. The number of amides is 1. The number of benzene rings is 1. The fraction of sp³-hybridized carbons (Fsp3) is 0.500. The molecule has 1 aromatic rings. The molecule has 1 aromatic carbocycles. The number of nitrogens with one attached hydrogen (secondary N) is 1. The van der Waals surface area contributed by atoms with E-state index >= 15 is 0 Å². The Kier molecular flexibility index (Phi) is 6.83. The van der Waals surface area contributed by atoms with Crippen molar-refractivity contribution < 1.29 is 4.79 Å². The average molecular weight is 266 g/mol. The first kappa shape index (κ1) is 15.1. The topological polar surface area (TPSA) is 32.3 Å². The van der Waals surface area contributed by atoms with Crippen LogP contribution in [0.25, 0.3) is 0 Å². The molecule has 0 bridgehead atoms. The first-order chi connectivity index (χ1) is 8.63. The van der Waals surface area contributed by atoms with Crippen molar-refractivity contribution in [3.63, 3.8) is 0 Å². The normalized spacial score (nSPS) is 10.7. The van der Waals surface area contributed by atoms with Gasteiger partial charge in [0.2, 0.25) is 0 Å². The van der Waals surface area contributed by atoms with Gasteiger partial charge in [-0.3, -0.25) is 4.79 Å². The van der Waals surface area contributed by atoms with Gasteiger partial charge in [-0.1, -0.05) is 12.1 Å². The SMILES string of the molecule is CSCc1ccc(C(=O)NCCCN(C)C)cc1. The van der Waals surface area contributed by atoms with Crippen LogP contribution in [0.15, 0.2) is 24.3 Å². The summed E-state index contributed by atoms with van der Waals surface area (Å²) in [6.07, 6.45) is 3.05. The summed E-state index contributed by atoms with van der Waals surface area (Å²) in [6, 6.07) is 7.83. The van der Waals surface area contributed by atoms with Gasteiger partial charge in [-0.25, -0.2) is 0 Å². The maximum Gasteiger partial charge on any atom is 0.251 e. The monoisotopic (exact) mass is 266 g/mol. The lowest BCUT2D eigenvalue weighted by atomic mass is 10.1. The highest BCUT2D eigenvalue weighted by atomic mass is 32.2. The van der Waals surface area contributed by atoms with Crippen molar-refractivity contribution in [3.05, 3.63) is 35.4 Å². The van der Waals surface area contributed by atoms with Crippen molar-refractivity contribution in [1.82, 2.24) is 10.2 Å². The van der Waals surface area contributed by atoms with Crippen LogP contribution in [0.2, 0.25) is 0 Å². The van der Waals surface area contributed by atoms with Crippen LogP contribution >= 0.6 is 11.8 Å². The number of carbonyl (C=O) groups excluding carboxylic acids is 1. The molecule has 100 valence electrons. The number of thioether (sulfide) groups is 1. The van der Waals surface area contributed by atoms with Gasteiger partial charge in [0.25, 0.3) is 5.91 Å². The second kappa shape index (κ2) is 8.16. The molecular weight excluding hydrogens is 244 g/mol. The molecule has 0 saturated carbocycles. The molecule has 3 nitrogen and oxygen atoms in total. The average Bonchev–Trinajstić information content (AvgIpc) is 2.35. The Balaban J connectivity index is 2.37. The van der Waals surface area contributed by atoms with Crippen LogP contribution in [0, 0.1) is 0 Å². The van der Waals surface area contributed by atoms with Gasteiger partial charge in [0, 0.05) is 17.9 Å². The lowest BCUT2D eigenvalue weighted by Crippen LogP contribution is -2.27. The highest BCUT2D eigenvalue weighted by molar-refractivity contribution is 7.97. The predicted molar refractivity (Wildman–Crippen MR) is 79.2 cm³/mol. The summed E-state index contributed by atoms with van der Waals surface area (Å²) >= 11 is 1.78.